The van der Waals surface area contributed by atoms with Crippen molar-refractivity contribution in [2.45, 2.75) is 33.2 Å². The van der Waals surface area contributed by atoms with Crippen molar-refractivity contribution in [2.24, 2.45) is 5.41 Å². The van der Waals surface area contributed by atoms with Crippen LogP contribution in [0.1, 0.15) is 38.8 Å². The fraction of sp³-hybridized carbons (Fsp3) is 0.692. The predicted molar refractivity (Wildman–Crippen MR) is 76.0 cm³/mol. The number of thiophene rings is 1. The number of halogens is 1. The summed E-state index contributed by atoms with van der Waals surface area (Å²) in [6.45, 7) is 8.47. The van der Waals surface area contributed by atoms with Crippen molar-refractivity contribution in [1.82, 2.24) is 5.32 Å². The number of hydrogen-bond donors (Lipinski definition) is 1. The van der Waals surface area contributed by atoms with Gasteiger partial charge in [-0.05, 0) is 35.8 Å². The molecule has 1 aromatic rings. The lowest BCUT2D eigenvalue weighted by Gasteiger charge is -2.26. The zero-order valence-electron chi connectivity index (χ0n) is 11.0. The molecule has 1 rings (SSSR count). The summed E-state index contributed by atoms with van der Waals surface area (Å²) in [5, 5.41) is 5.67. The van der Waals surface area contributed by atoms with Crippen LogP contribution in [0.2, 0.25) is 4.34 Å². The quantitative estimate of drug-likeness (QED) is 0.808. The molecule has 1 heterocycles. The second-order valence-electron chi connectivity index (χ2n) is 5.19. The fourth-order valence-corrected chi connectivity index (χ4v) is 2.55. The van der Waals surface area contributed by atoms with Crippen molar-refractivity contribution in [2.75, 3.05) is 20.3 Å². The van der Waals surface area contributed by atoms with Crippen molar-refractivity contribution in [3.8, 4) is 0 Å². The molecule has 17 heavy (non-hydrogen) atoms. The Bertz CT molecular complexity index is 338. The van der Waals surface area contributed by atoms with Gasteiger partial charge in [0.2, 0.25) is 0 Å². The van der Waals surface area contributed by atoms with Gasteiger partial charge in [-0.3, -0.25) is 0 Å². The molecule has 0 aliphatic rings. The molecule has 0 spiro atoms. The maximum atomic E-state index is 5.94. The summed E-state index contributed by atoms with van der Waals surface area (Å²) in [4.78, 5) is 0. The molecule has 0 fully saturated rings. The molecule has 1 atom stereocenters. The Morgan fingerprint density at radius 1 is 1.53 bits per heavy atom. The molecule has 0 aromatic carbocycles. The van der Waals surface area contributed by atoms with Crippen molar-refractivity contribution in [3.63, 3.8) is 0 Å². The van der Waals surface area contributed by atoms with Gasteiger partial charge in [-0.15, -0.1) is 11.3 Å². The molecule has 0 saturated heterocycles. The van der Waals surface area contributed by atoms with Crippen molar-refractivity contribution >= 4 is 22.9 Å². The van der Waals surface area contributed by atoms with Crippen LogP contribution in [0.3, 0.4) is 0 Å². The van der Waals surface area contributed by atoms with E-state index in [1.54, 1.807) is 18.4 Å². The minimum Gasteiger partial charge on any atom is -0.385 e. The van der Waals surface area contributed by atoms with E-state index < -0.39 is 0 Å². The largest absolute Gasteiger partial charge is 0.385 e. The molecule has 0 amide bonds. The Morgan fingerprint density at radius 2 is 2.24 bits per heavy atom. The maximum absolute atomic E-state index is 5.94. The monoisotopic (exact) mass is 275 g/mol. The first-order chi connectivity index (χ1) is 7.94. The Kier molecular flexibility index (Phi) is 5.93. The molecule has 0 radical (unpaired) electrons. The van der Waals surface area contributed by atoms with E-state index >= 15 is 0 Å². The zero-order valence-corrected chi connectivity index (χ0v) is 12.6. The molecule has 0 aliphatic heterocycles. The predicted octanol–water partition coefficient (Wildman–Crippen LogP) is 4.11. The second-order valence-corrected chi connectivity index (χ2v) is 6.74. The lowest BCUT2D eigenvalue weighted by atomic mass is 9.89. The van der Waals surface area contributed by atoms with Crippen LogP contribution in [0, 0.1) is 5.41 Å². The van der Waals surface area contributed by atoms with E-state index in [1.165, 1.54) is 5.56 Å². The number of hydrogen-bond acceptors (Lipinski definition) is 3. The summed E-state index contributed by atoms with van der Waals surface area (Å²) in [5.41, 5.74) is 1.52. The standard InChI is InChI=1S/C13H22ClNOS/c1-10(11-7-12(14)17-8-11)15-9-13(2,3)5-6-16-4/h7-8,10,15H,5-6,9H2,1-4H3. The first kappa shape index (κ1) is 15.0. The summed E-state index contributed by atoms with van der Waals surface area (Å²) >= 11 is 7.52. The maximum Gasteiger partial charge on any atom is 0.0931 e. The van der Waals surface area contributed by atoms with Gasteiger partial charge in [0.25, 0.3) is 0 Å². The van der Waals surface area contributed by atoms with E-state index in [2.05, 4.69) is 31.5 Å². The van der Waals surface area contributed by atoms with Gasteiger partial charge in [-0.1, -0.05) is 25.4 Å². The highest BCUT2D eigenvalue weighted by Gasteiger charge is 2.18. The summed E-state index contributed by atoms with van der Waals surface area (Å²) in [7, 11) is 1.75. The van der Waals surface area contributed by atoms with Crippen LogP contribution in [-0.2, 0) is 4.74 Å². The Morgan fingerprint density at radius 3 is 2.76 bits per heavy atom. The summed E-state index contributed by atoms with van der Waals surface area (Å²) in [6.07, 6.45) is 1.06. The number of rotatable bonds is 7. The highest BCUT2D eigenvalue weighted by Crippen LogP contribution is 2.26. The smallest absolute Gasteiger partial charge is 0.0931 e. The third-order valence-electron chi connectivity index (χ3n) is 2.96. The van der Waals surface area contributed by atoms with Crippen LogP contribution in [0.4, 0.5) is 0 Å². The Labute approximate surface area is 113 Å². The van der Waals surface area contributed by atoms with Crippen LogP contribution >= 0.6 is 22.9 Å². The summed E-state index contributed by atoms with van der Waals surface area (Å²) in [5.74, 6) is 0. The van der Waals surface area contributed by atoms with Crippen LogP contribution in [0.15, 0.2) is 11.4 Å². The van der Waals surface area contributed by atoms with E-state index in [1.807, 2.05) is 6.07 Å². The number of ether oxygens (including phenoxy) is 1. The molecular formula is C13H22ClNOS. The van der Waals surface area contributed by atoms with Gasteiger partial charge in [0, 0.05) is 26.3 Å². The normalized spacial score (nSPS) is 13.9. The number of nitrogens with one attached hydrogen (secondary N) is 1. The fourth-order valence-electron chi connectivity index (χ4n) is 1.56. The minimum absolute atomic E-state index is 0.254. The molecule has 2 nitrogen and oxygen atoms in total. The summed E-state index contributed by atoms with van der Waals surface area (Å²) in [6, 6.07) is 2.38. The van der Waals surface area contributed by atoms with E-state index in [0.717, 1.165) is 23.9 Å². The summed E-state index contributed by atoms with van der Waals surface area (Å²) < 4.78 is 5.98. The highest BCUT2D eigenvalue weighted by molar-refractivity contribution is 7.14. The van der Waals surface area contributed by atoms with Gasteiger partial charge in [0.15, 0.2) is 0 Å². The first-order valence-electron chi connectivity index (χ1n) is 5.91. The molecular weight excluding hydrogens is 254 g/mol. The Hall–Kier alpha value is -0.0900. The minimum atomic E-state index is 0.254. The lowest BCUT2D eigenvalue weighted by Crippen LogP contribution is -2.32. The SMILES string of the molecule is COCCC(C)(C)CNC(C)c1csc(Cl)c1. The van der Waals surface area contributed by atoms with Crippen molar-refractivity contribution in [3.05, 3.63) is 21.3 Å². The van der Waals surface area contributed by atoms with E-state index in [0.29, 0.717) is 6.04 Å². The van der Waals surface area contributed by atoms with E-state index in [9.17, 15) is 0 Å². The first-order valence-corrected chi connectivity index (χ1v) is 7.16. The molecule has 4 heteroatoms. The van der Waals surface area contributed by atoms with Gasteiger partial charge >= 0.3 is 0 Å². The molecule has 0 saturated carbocycles. The number of methoxy groups -OCH3 is 1. The van der Waals surface area contributed by atoms with Gasteiger partial charge in [0.1, 0.15) is 0 Å². The third kappa shape index (κ3) is 5.38. The molecule has 0 aliphatic carbocycles. The lowest BCUT2D eigenvalue weighted by molar-refractivity contribution is 0.149. The second kappa shape index (κ2) is 6.74. The van der Waals surface area contributed by atoms with Gasteiger partial charge in [-0.2, -0.15) is 0 Å². The van der Waals surface area contributed by atoms with Crippen LogP contribution < -0.4 is 5.32 Å². The topological polar surface area (TPSA) is 21.3 Å². The average molecular weight is 276 g/mol. The van der Waals surface area contributed by atoms with Gasteiger partial charge < -0.3 is 10.1 Å². The molecule has 1 N–H and O–H groups in total. The molecule has 1 unspecified atom stereocenters. The van der Waals surface area contributed by atoms with Crippen LogP contribution in [0.5, 0.6) is 0 Å². The van der Waals surface area contributed by atoms with Crippen LogP contribution in [-0.4, -0.2) is 20.3 Å². The third-order valence-corrected chi connectivity index (χ3v) is 4.07. The molecule has 1 aromatic heterocycles. The molecule has 98 valence electrons. The zero-order chi connectivity index (χ0) is 12.9. The Balaban J connectivity index is 2.39. The van der Waals surface area contributed by atoms with E-state index in [4.69, 9.17) is 16.3 Å². The average Bonchev–Trinajstić information content (AvgIpc) is 2.70. The molecule has 0 bridgehead atoms. The van der Waals surface area contributed by atoms with Crippen LogP contribution in [0.25, 0.3) is 0 Å². The van der Waals surface area contributed by atoms with E-state index in [-0.39, 0.29) is 5.41 Å². The van der Waals surface area contributed by atoms with Gasteiger partial charge in [-0.25, -0.2) is 0 Å². The van der Waals surface area contributed by atoms with Crippen molar-refractivity contribution < 1.29 is 4.74 Å². The van der Waals surface area contributed by atoms with Crippen molar-refractivity contribution in [1.29, 1.82) is 0 Å². The van der Waals surface area contributed by atoms with Gasteiger partial charge in [0.05, 0.1) is 4.34 Å². The highest BCUT2D eigenvalue weighted by atomic mass is 35.5.